The summed E-state index contributed by atoms with van der Waals surface area (Å²) in [6.07, 6.45) is 0. The van der Waals surface area contributed by atoms with Crippen LogP contribution in [0.15, 0.2) is 65.5 Å². The van der Waals surface area contributed by atoms with Gasteiger partial charge in [0, 0.05) is 48.6 Å². The van der Waals surface area contributed by atoms with Crippen LogP contribution in [0.3, 0.4) is 0 Å². The molecule has 148 valence electrons. The molecule has 4 rings (SSSR count). The number of piperazine rings is 1. The van der Waals surface area contributed by atoms with Gasteiger partial charge >= 0.3 is 0 Å². The van der Waals surface area contributed by atoms with E-state index in [1.165, 1.54) is 6.07 Å². The number of nitrogens with zero attached hydrogens (tertiary/aromatic N) is 4. The van der Waals surface area contributed by atoms with E-state index in [1.807, 2.05) is 54.6 Å². The average molecular weight is 409 g/mol. The molecular formula is C22H21ClN4O2. The first-order valence-corrected chi connectivity index (χ1v) is 9.87. The highest BCUT2D eigenvalue weighted by molar-refractivity contribution is 6.30. The number of hydrogen-bond acceptors (Lipinski definition) is 4. The van der Waals surface area contributed by atoms with Gasteiger partial charge in [-0.3, -0.25) is 9.59 Å². The van der Waals surface area contributed by atoms with Gasteiger partial charge in [0.15, 0.2) is 5.69 Å². The van der Waals surface area contributed by atoms with Gasteiger partial charge in [0.25, 0.3) is 5.91 Å². The third-order valence-corrected chi connectivity index (χ3v) is 5.29. The number of halogens is 1. The van der Waals surface area contributed by atoms with E-state index in [2.05, 4.69) is 10.00 Å². The van der Waals surface area contributed by atoms with Gasteiger partial charge in [-0.05, 0) is 37.3 Å². The molecule has 6 nitrogen and oxygen atoms in total. The first-order chi connectivity index (χ1) is 14.0. The Morgan fingerprint density at radius 1 is 0.931 bits per heavy atom. The molecule has 3 aromatic rings. The van der Waals surface area contributed by atoms with Crippen LogP contribution in [0.2, 0.25) is 5.02 Å². The molecule has 1 aliphatic heterocycles. The van der Waals surface area contributed by atoms with E-state index >= 15 is 0 Å². The molecule has 1 aromatic heterocycles. The van der Waals surface area contributed by atoms with Gasteiger partial charge in [0.1, 0.15) is 0 Å². The first kappa shape index (κ1) is 19.2. The minimum Gasteiger partial charge on any atom is -0.368 e. The third kappa shape index (κ3) is 4.03. The van der Waals surface area contributed by atoms with Gasteiger partial charge in [-0.1, -0.05) is 35.9 Å². The number of carbonyl (C=O) groups excluding carboxylic acids is 1. The molecule has 7 heteroatoms. The standard InChI is InChI=1S/C22H21ClN4O2/c1-16-14-20(28)21(24-27(16)18-7-3-2-4-8-18)22(29)26-12-10-25(11-13-26)19-9-5-6-17(23)15-19/h2-9,14-15H,10-13H2,1H3. The lowest BCUT2D eigenvalue weighted by molar-refractivity contribution is 0.0737. The first-order valence-electron chi connectivity index (χ1n) is 9.49. The Kier molecular flexibility index (Phi) is 5.36. The summed E-state index contributed by atoms with van der Waals surface area (Å²) in [4.78, 5) is 29.4. The van der Waals surface area contributed by atoms with Crippen molar-refractivity contribution in [2.75, 3.05) is 31.1 Å². The number of anilines is 1. The molecule has 1 aliphatic rings. The molecule has 2 heterocycles. The number of aryl methyl sites for hydroxylation is 1. The van der Waals surface area contributed by atoms with Crippen molar-refractivity contribution >= 4 is 23.2 Å². The van der Waals surface area contributed by atoms with Crippen LogP contribution in [-0.2, 0) is 0 Å². The summed E-state index contributed by atoms with van der Waals surface area (Å²) in [5.74, 6) is -0.328. The molecule has 0 atom stereocenters. The lowest BCUT2D eigenvalue weighted by Crippen LogP contribution is -2.50. The van der Waals surface area contributed by atoms with Crippen molar-refractivity contribution in [3.63, 3.8) is 0 Å². The van der Waals surface area contributed by atoms with Crippen LogP contribution in [0, 0.1) is 6.92 Å². The summed E-state index contributed by atoms with van der Waals surface area (Å²) in [7, 11) is 0. The molecular weight excluding hydrogens is 388 g/mol. The van der Waals surface area contributed by atoms with E-state index in [-0.39, 0.29) is 17.0 Å². The Balaban J connectivity index is 1.54. The Labute approximate surface area is 173 Å². The molecule has 1 fully saturated rings. The minimum absolute atomic E-state index is 0.0457. The molecule has 0 aliphatic carbocycles. The summed E-state index contributed by atoms with van der Waals surface area (Å²) in [5, 5.41) is 5.07. The molecule has 2 aromatic carbocycles. The van der Waals surface area contributed by atoms with Crippen molar-refractivity contribution < 1.29 is 4.79 Å². The second-order valence-corrected chi connectivity index (χ2v) is 7.44. The number of hydrogen-bond donors (Lipinski definition) is 0. The van der Waals surface area contributed by atoms with Gasteiger partial charge < -0.3 is 9.80 Å². The van der Waals surface area contributed by atoms with E-state index in [0.29, 0.717) is 36.9 Å². The highest BCUT2D eigenvalue weighted by Gasteiger charge is 2.26. The monoisotopic (exact) mass is 408 g/mol. The van der Waals surface area contributed by atoms with Crippen molar-refractivity contribution in [1.29, 1.82) is 0 Å². The number of benzene rings is 2. The van der Waals surface area contributed by atoms with Crippen LogP contribution in [0.5, 0.6) is 0 Å². The molecule has 0 unspecified atom stereocenters. The smallest absolute Gasteiger partial charge is 0.278 e. The Hall–Kier alpha value is -3.12. The van der Waals surface area contributed by atoms with Crippen molar-refractivity contribution in [1.82, 2.24) is 14.7 Å². The van der Waals surface area contributed by atoms with Crippen molar-refractivity contribution in [2.45, 2.75) is 6.92 Å². The maximum absolute atomic E-state index is 13.0. The fourth-order valence-corrected chi connectivity index (χ4v) is 3.70. The second-order valence-electron chi connectivity index (χ2n) is 7.01. The van der Waals surface area contributed by atoms with E-state index in [9.17, 15) is 9.59 Å². The van der Waals surface area contributed by atoms with E-state index in [1.54, 1.807) is 16.5 Å². The zero-order valence-electron chi connectivity index (χ0n) is 16.1. The van der Waals surface area contributed by atoms with Crippen LogP contribution in [0.1, 0.15) is 16.2 Å². The van der Waals surface area contributed by atoms with Gasteiger partial charge in [-0.2, -0.15) is 5.10 Å². The molecule has 0 spiro atoms. The molecule has 1 saturated heterocycles. The Morgan fingerprint density at radius 3 is 2.31 bits per heavy atom. The maximum atomic E-state index is 13.0. The summed E-state index contributed by atoms with van der Waals surface area (Å²) in [6, 6.07) is 18.6. The fraction of sp³-hybridized carbons (Fsp3) is 0.227. The third-order valence-electron chi connectivity index (χ3n) is 5.05. The quantitative estimate of drug-likeness (QED) is 0.668. The molecule has 1 amide bonds. The minimum atomic E-state index is -0.350. The lowest BCUT2D eigenvalue weighted by atomic mass is 10.2. The van der Waals surface area contributed by atoms with Crippen LogP contribution in [0.25, 0.3) is 5.69 Å². The highest BCUT2D eigenvalue weighted by atomic mass is 35.5. The number of amides is 1. The van der Waals surface area contributed by atoms with E-state index < -0.39 is 0 Å². The predicted molar refractivity (Wildman–Crippen MR) is 114 cm³/mol. The summed E-state index contributed by atoms with van der Waals surface area (Å²) in [6.45, 7) is 4.19. The molecule has 0 radical (unpaired) electrons. The van der Waals surface area contributed by atoms with Crippen LogP contribution in [0.4, 0.5) is 5.69 Å². The number of aromatic nitrogens is 2. The van der Waals surface area contributed by atoms with E-state index in [0.717, 1.165) is 11.4 Å². The number of para-hydroxylation sites is 1. The molecule has 0 N–H and O–H groups in total. The van der Waals surface area contributed by atoms with Crippen LogP contribution in [-0.4, -0.2) is 46.8 Å². The Bertz CT molecular complexity index is 1090. The molecule has 0 saturated carbocycles. The van der Waals surface area contributed by atoms with Crippen LogP contribution >= 0.6 is 11.6 Å². The topological polar surface area (TPSA) is 58.4 Å². The van der Waals surface area contributed by atoms with Gasteiger partial charge in [0.05, 0.1) is 5.69 Å². The number of rotatable bonds is 3. The van der Waals surface area contributed by atoms with Crippen LogP contribution < -0.4 is 10.3 Å². The number of carbonyl (C=O) groups is 1. The summed E-state index contributed by atoms with van der Waals surface area (Å²) in [5.41, 5.74) is 2.13. The summed E-state index contributed by atoms with van der Waals surface area (Å²) >= 11 is 6.08. The maximum Gasteiger partial charge on any atom is 0.278 e. The summed E-state index contributed by atoms with van der Waals surface area (Å²) < 4.78 is 1.64. The SMILES string of the molecule is Cc1cc(=O)c(C(=O)N2CCN(c3cccc(Cl)c3)CC2)nn1-c1ccccc1. The zero-order chi connectivity index (χ0) is 20.4. The Morgan fingerprint density at radius 2 is 1.62 bits per heavy atom. The fourth-order valence-electron chi connectivity index (χ4n) is 3.52. The van der Waals surface area contributed by atoms with Gasteiger partial charge in [0.2, 0.25) is 5.43 Å². The van der Waals surface area contributed by atoms with Gasteiger partial charge in [-0.15, -0.1) is 0 Å². The van der Waals surface area contributed by atoms with Crippen molar-refractivity contribution in [2.24, 2.45) is 0 Å². The normalized spacial score (nSPS) is 14.1. The predicted octanol–water partition coefficient (Wildman–Crippen LogP) is 3.16. The highest BCUT2D eigenvalue weighted by Crippen LogP contribution is 2.21. The average Bonchev–Trinajstić information content (AvgIpc) is 2.74. The molecule has 29 heavy (non-hydrogen) atoms. The zero-order valence-corrected chi connectivity index (χ0v) is 16.8. The second kappa shape index (κ2) is 8.09. The lowest BCUT2D eigenvalue weighted by Gasteiger charge is -2.36. The largest absolute Gasteiger partial charge is 0.368 e. The van der Waals surface area contributed by atoms with E-state index in [4.69, 9.17) is 11.6 Å². The molecule has 0 bridgehead atoms. The van der Waals surface area contributed by atoms with Crippen molar-refractivity contribution in [3.05, 3.63) is 87.3 Å². The van der Waals surface area contributed by atoms with Crippen molar-refractivity contribution in [3.8, 4) is 5.69 Å². The van der Waals surface area contributed by atoms with Gasteiger partial charge in [-0.25, -0.2) is 4.68 Å².